The largest absolute Gasteiger partial charge is 0.478 e. The van der Waals surface area contributed by atoms with Crippen molar-refractivity contribution in [3.63, 3.8) is 0 Å². The number of likely N-dealkylation sites (N-methyl/N-ethyl adjacent to an activating group) is 1. The second kappa shape index (κ2) is 6.39. The summed E-state index contributed by atoms with van der Waals surface area (Å²) in [7, 11) is 3.39. The number of fused-ring (bicyclic) bond motifs is 1. The number of pyridine rings is 1. The smallest absolute Gasteiger partial charge is 0.336 e. The van der Waals surface area contributed by atoms with Gasteiger partial charge >= 0.3 is 5.97 Å². The number of nitrogens with zero attached hydrogens (tertiary/aromatic N) is 3. The maximum atomic E-state index is 12.3. The first-order valence-electron chi connectivity index (χ1n) is 7.89. The van der Waals surface area contributed by atoms with Gasteiger partial charge in [0.2, 0.25) is 5.91 Å². The number of carboxylic acid groups (broad SMARTS) is 1. The van der Waals surface area contributed by atoms with E-state index in [-0.39, 0.29) is 17.9 Å². The predicted octanol–water partition coefficient (Wildman–Crippen LogP) is 2.64. The normalized spacial score (nSPS) is 10.8. The van der Waals surface area contributed by atoms with E-state index in [1.165, 1.54) is 4.90 Å². The van der Waals surface area contributed by atoms with Crippen LogP contribution in [0.1, 0.15) is 21.6 Å². The summed E-state index contributed by atoms with van der Waals surface area (Å²) in [5, 5.41) is 9.50. The Labute approximate surface area is 145 Å². The van der Waals surface area contributed by atoms with Crippen LogP contribution in [0.3, 0.4) is 0 Å². The number of aromatic nitrogens is 2. The first-order chi connectivity index (χ1) is 11.9. The molecule has 2 heterocycles. The Morgan fingerprint density at radius 1 is 1.16 bits per heavy atom. The molecule has 0 bridgehead atoms. The predicted molar refractivity (Wildman–Crippen MR) is 94.7 cm³/mol. The number of carbonyl (C=O) groups excluding carboxylic acids is 1. The van der Waals surface area contributed by atoms with Gasteiger partial charge in [0, 0.05) is 25.9 Å². The van der Waals surface area contributed by atoms with E-state index in [1.807, 2.05) is 29.7 Å². The second-order valence-electron chi connectivity index (χ2n) is 6.16. The average Bonchev–Trinajstić information content (AvgIpc) is 2.92. The van der Waals surface area contributed by atoms with Gasteiger partial charge in [-0.2, -0.15) is 0 Å². The molecule has 3 aromatic rings. The molecule has 0 aliphatic carbocycles. The van der Waals surface area contributed by atoms with Gasteiger partial charge < -0.3 is 14.4 Å². The Morgan fingerprint density at radius 3 is 2.56 bits per heavy atom. The van der Waals surface area contributed by atoms with Crippen molar-refractivity contribution < 1.29 is 14.7 Å². The molecule has 1 amide bonds. The number of rotatable bonds is 4. The van der Waals surface area contributed by atoms with Gasteiger partial charge in [0.25, 0.3) is 0 Å². The van der Waals surface area contributed by atoms with Crippen LogP contribution in [0.5, 0.6) is 0 Å². The van der Waals surface area contributed by atoms with Crippen molar-refractivity contribution in [2.45, 2.75) is 13.3 Å². The third kappa shape index (κ3) is 3.10. The minimum Gasteiger partial charge on any atom is -0.478 e. The Morgan fingerprint density at radius 2 is 1.88 bits per heavy atom. The molecule has 2 aromatic heterocycles. The van der Waals surface area contributed by atoms with E-state index in [0.29, 0.717) is 22.6 Å². The Kier molecular flexibility index (Phi) is 4.27. The van der Waals surface area contributed by atoms with E-state index < -0.39 is 5.97 Å². The molecule has 0 fully saturated rings. The molecule has 0 aliphatic rings. The molecule has 0 unspecified atom stereocenters. The van der Waals surface area contributed by atoms with Crippen LogP contribution in [0, 0.1) is 6.92 Å². The monoisotopic (exact) mass is 337 g/mol. The van der Waals surface area contributed by atoms with Gasteiger partial charge in [-0.15, -0.1) is 0 Å². The van der Waals surface area contributed by atoms with Gasteiger partial charge in [0.15, 0.2) is 0 Å². The number of hydrogen-bond acceptors (Lipinski definition) is 3. The van der Waals surface area contributed by atoms with Gasteiger partial charge in [0.05, 0.1) is 23.4 Å². The number of imidazole rings is 1. The molecule has 0 radical (unpaired) electrons. The lowest BCUT2D eigenvalue weighted by molar-refractivity contribution is -0.128. The Bertz CT molecular complexity index is 973. The lowest BCUT2D eigenvalue weighted by Gasteiger charge is -2.12. The molecule has 1 N–H and O–H groups in total. The molecule has 3 rings (SSSR count). The van der Waals surface area contributed by atoms with Crippen LogP contribution < -0.4 is 0 Å². The van der Waals surface area contributed by atoms with E-state index in [1.54, 1.807) is 38.4 Å². The zero-order valence-electron chi connectivity index (χ0n) is 14.4. The fourth-order valence-electron chi connectivity index (χ4n) is 2.76. The Hall–Kier alpha value is -3.15. The third-order valence-corrected chi connectivity index (χ3v) is 4.10. The number of hydrogen-bond donors (Lipinski definition) is 1. The van der Waals surface area contributed by atoms with Crippen LogP contribution in [0.25, 0.3) is 16.9 Å². The van der Waals surface area contributed by atoms with Crippen molar-refractivity contribution in [3.05, 3.63) is 59.4 Å². The van der Waals surface area contributed by atoms with Crippen LogP contribution in [0.4, 0.5) is 0 Å². The number of aromatic carboxylic acids is 1. The molecule has 0 aliphatic heterocycles. The van der Waals surface area contributed by atoms with Gasteiger partial charge in [0.1, 0.15) is 5.65 Å². The highest BCUT2D eigenvalue weighted by Gasteiger charge is 2.21. The fraction of sp³-hybridized carbons (Fsp3) is 0.211. The van der Waals surface area contributed by atoms with Gasteiger partial charge in [-0.1, -0.05) is 24.3 Å². The highest BCUT2D eigenvalue weighted by molar-refractivity contribution is 5.96. The summed E-state index contributed by atoms with van der Waals surface area (Å²) in [5.41, 5.74) is 3.60. The zero-order chi connectivity index (χ0) is 18.1. The summed E-state index contributed by atoms with van der Waals surface area (Å²) in [6.07, 6.45) is 2.05. The first kappa shape index (κ1) is 16.7. The van der Waals surface area contributed by atoms with Crippen molar-refractivity contribution >= 4 is 17.5 Å². The van der Waals surface area contributed by atoms with Crippen LogP contribution >= 0.6 is 0 Å². The topological polar surface area (TPSA) is 74.9 Å². The molecular weight excluding hydrogens is 318 g/mol. The molecule has 25 heavy (non-hydrogen) atoms. The minimum absolute atomic E-state index is 0.0719. The lowest BCUT2D eigenvalue weighted by Crippen LogP contribution is -2.24. The summed E-state index contributed by atoms with van der Waals surface area (Å²) in [6.45, 7) is 1.96. The third-order valence-electron chi connectivity index (χ3n) is 4.10. The van der Waals surface area contributed by atoms with Crippen LogP contribution in [0.15, 0.2) is 42.6 Å². The van der Waals surface area contributed by atoms with Crippen molar-refractivity contribution in [1.82, 2.24) is 14.3 Å². The van der Waals surface area contributed by atoms with Crippen LogP contribution in [-0.4, -0.2) is 45.4 Å². The standard InChI is InChI=1S/C19H19N3O3/c1-12-8-9-16-20-18(13-6-4-5-7-14(13)19(24)25)15(22(16)11-12)10-17(23)21(2)3/h4-9,11H,10H2,1-3H3,(H,24,25). The number of carbonyl (C=O) groups is 2. The number of amides is 1. The van der Waals surface area contributed by atoms with E-state index in [9.17, 15) is 14.7 Å². The van der Waals surface area contributed by atoms with E-state index >= 15 is 0 Å². The highest BCUT2D eigenvalue weighted by atomic mass is 16.4. The van der Waals surface area contributed by atoms with E-state index in [4.69, 9.17) is 0 Å². The number of benzene rings is 1. The Balaban J connectivity index is 2.28. The SMILES string of the molecule is Cc1ccc2nc(-c3ccccc3C(=O)O)c(CC(=O)N(C)C)n2c1. The molecule has 1 aromatic carbocycles. The second-order valence-corrected chi connectivity index (χ2v) is 6.16. The zero-order valence-corrected chi connectivity index (χ0v) is 14.4. The molecule has 0 saturated heterocycles. The first-order valence-corrected chi connectivity index (χ1v) is 7.89. The number of aryl methyl sites for hydroxylation is 1. The van der Waals surface area contributed by atoms with Crippen molar-refractivity contribution in [1.29, 1.82) is 0 Å². The van der Waals surface area contributed by atoms with E-state index in [0.717, 1.165) is 5.56 Å². The highest BCUT2D eigenvalue weighted by Crippen LogP contribution is 2.28. The molecule has 0 spiro atoms. The summed E-state index contributed by atoms with van der Waals surface area (Å²) in [6, 6.07) is 10.5. The molecule has 6 nitrogen and oxygen atoms in total. The van der Waals surface area contributed by atoms with Gasteiger partial charge in [-0.05, 0) is 24.6 Å². The molecule has 6 heteroatoms. The lowest BCUT2D eigenvalue weighted by atomic mass is 10.0. The van der Waals surface area contributed by atoms with Crippen LogP contribution in [0.2, 0.25) is 0 Å². The maximum Gasteiger partial charge on any atom is 0.336 e. The van der Waals surface area contributed by atoms with Crippen molar-refractivity contribution in [2.75, 3.05) is 14.1 Å². The summed E-state index contributed by atoms with van der Waals surface area (Å²) < 4.78 is 1.87. The van der Waals surface area contributed by atoms with Gasteiger partial charge in [-0.25, -0.2) is 9.78 Å². The fourth-order valence-corrected chi connectivity index (χ4v) is 2.76. The van der Waals surface area contributed by atoms with Crippen molar-refractivity contribution in [2.24, 2.45) is 0 Å². The molecule has 0 saturated carbocycles. The average molecular weight is 337 g/mol. The van der Waals surface area contributed by atoms with Crippen molar-refractivity contribution in [3.8, 4) is 11.3 Å². The number of carboxylic acids is 1. The summed E-state index contributed by atoms with van der Waals surface area (Å²) in [4.78, 5) is 30.0. The maximum absolute atomic E-state index is 12.3. The molecule has 0 atom stereocenters. The summed E-state index contributed by atoms with van der Waals surface area (Å²) in [5.74, 6) is -1.09. The summed E-state index contributed by atoms with van der Waals surface area (Å²) >= 11 is 0. The van der Waals surface area contributed by atoms with Gasteiger partial charge in [-0.3, -0.25) is 4.79 Å². The molecular formula is C19H19N3O3. The minimum atomic E-state index is -1.02. The molecule has 128 valence electrons. The van der Waals surface area contributed by atoms with Crippen LogP contribution in [-0.2, 0) is 11.2 Å². The van der Waals surface area contributed by atoms with E-state index in [2.05, 4.69) is 4.98 Å². The quantitative estimate of drug-likeness (QED) is 0.794.